The Labute approximate surface area is 118 Å². The van der Waals surface area contributed by atoms with Crippen molar-refractivity contribution in [3.05, 3.63) is 23.9 Å². The standard InChI is InChI=1S/C12H19N3O2S2/c1-9(13)10-3-4-11(14-7-10)15-5-6-18-8-12(15)19(2,16)17/h3-4,7,9,12H,5-6,8,13H2,1-2H3. The summed E-state index contributed by atoms with van der Waals surface area (Å²) < 4.78 is 23.7. The zero-order valence-electron chi connectivity index (χ0n) is 11.1. The van der Waals surface area contributed by atoms with Crippen molar-refractivity contribution in [2.45, 2.75) is 18.3 Å². The number of hydrogen-bond acceptors (Lipinski definition) is 6. The van der Waals surface area contributed by atoms with Crippen molar-refractivity contribution in [1.29, 1.82) is 0 Å². The molecule has 2 unspecified atom stereocenters. The molecule has 19 heavy (non-hydrogen) atoms. The number of hydrogen-bond donors (Lipinski definition) is 1. The van der Waals surface area contributed by atoms with Crippen molar-refractivity contribution in [3.63, 3.8) is 0 Å². The zero-order chi connectivity index (χ0) is 14.0. The van der Waals surface area contributed by atoms with Gasteiger partial charge < -0.3 is 10.6 Å². The summed E-state index contributed by atoms with van der Waals surface area (Å²) in [5, 5.41) is -0.486. The first-order valence-electron chi connectivity index (χ1n) is 6.14. The summed E-state index contributed by atoms with van der Waals surface area (Å²) in [6.45, 7) is 2.60. The third kappa shape index (κ3) is 3.40. The Bertz CT molecular complexity index is 528. The van der Waals surface area contributed by atoms with Crippen molar-refractivity contribution in [2.24, 2.45) is 5.73 Å². The Balaban J connectivity index is 2.27. The van der Waals surface area contributed by atoms with E-state index >= 15 is 0 Å². The van der Waals surface area contributed by atoms with Gasteiger partial charge in [-0.1, -0.05) is 6.07 Å². The van der Waals surface area contributed by atoms with E-state index in [1.165, 1.54) is 6.26 Å². The van der Waals surface area contributed by atoms with E-state index in [4.69, 9.17) is 5.73 Å². The van der Waals surface area contributed by atoms with Gasteiger partial charge in [0, 0.05) is 36.5 Å². The first-order chi connectivity index (χ1) is 8.89. The molecule has 0 saturated carbocycles. The normalized spacial score (nSPS) is 22.3. The average molecular weight is 301 g/mol. The first-order valence-corrected chi connectivity index (χ1v) is 9.25. The van der Waals surface area contributed by atoms with Gasteiger partial charge in [0.1, 0.15) is 11.2 Å². The van der Waals surface area contributed by atoms with E-state index in [1.54, 1.807) is 18.0 Å². The van der Waals surface area contributed by atoms with E-state index < -0.39 is 15.2 Å². The van der Waals surface area contributed by atoms with Gasteiger partial charge in [0.05, 0.1) is 0 Å². The molecular weight excluding hydrogens is 282 g/mol. The number of anilines is 1. The number of aromatic nitrogens is 1. The van der Waals surface area contributed by atoms with Crippen LogP contribution in [0.2, 0.25) is 0 Å². The predicted octanol–water partition coefficient (Wildman–Crippen LogP) is 1.03. The van der Waals surface area contributed by atoms with Gasteiger partial charge in [0.2, 0.25) is 0 Å². The maximum Gasteiger partial charge on any atom is 0.169 e. The van der Waals surface area contributed by atoms with Gasteiger partial charge in [-0.05, 0) is 18.6 Å². The Morgan fingerprint density at radius 2 is 2.26 bits per heavy atom. The van der Waals surface area contributed by atoms with E-state index in [0.717, 1.165) is 11.3 Å². The first kappa shape index (κ1) is 14.6. The third-order valence-electron chi connectivity index (χ3n) is 3.17. The van der Waals surface area contributed by atoms with Crippen molar-refractivity contribution in [2.75, 3.05) is 29.2 Å². The van der Waals surface area contributed by atoms with Crippen molar-refractivity contribution in [3.8, 4) is 0 Å². The zero-order valence-corrected chi connectivity index (χ0v) is 12.7. The van der Waals surface area contributed by atoms with E-state index in [-0.39, 0.29) is 6.04 Å². The fourth-order valence-corrected chi connectivity index (χ4v) is 4.86. The molecule has 2 N–H and O–H groups in total. The summed E-state index contributed by atoms with van der Waals surface area (Å²) in [4.78, 5) is 6.23. The van der Waals surface area contributed by atoms with Crippen LogP contribution in [0.25, 0.3) is 0 Å². The maximum absolute atomic E-state index is 11.8. The summed E-state index contributed by atoms with van der Waals surface area (Å²) in [6.07, 6.45) is 3.01. The predicted molar refractivity (Wildman–Crippen MR) is 80.1 cm³/mol. The molecule has 2 rings (SSSR count). The minimum atomic E-state index is -3.11. The van der Waals surface area contributed by atoms with Gasteiger partial charge in [0.15, 0.2) is 9.84 Å². The number of nitrogens with zero attached hydrogens (tertiary/aromatic N) is 2. The molecule has 0 bridgehead atoms. The van der Waals surface area contributed by atoms with Crippen LogP contribution in [0.15, 0.2) is 18.3 Å². The Morgan fingerprint density at radius 1 is 1.53 bits per heavy atom. The molecule has 1 aliphatic rings. The van der Waals surface area contributed by atoms with Crippen LogP contribution in [0.4, 0.5) is 5.82 Å². The van der Waals surface area contributed by atoms with Crippen LogP contribution in [-0.4, -0.2) is 43.1 Å². The summed E-state index contributed by atoms with van der Waals surface area (Å²) in [7, 11) is -3.11. The van der Waals surface area contributed by atoms with Gasteiger partial charge in [0.25, 0.3) is 0 Å². The van der Waals surface area contributed by atoms with E-state index in [2.05, 4.69) is 4.98 Å². The number of sulfone groups is 1. The molecule has 7 heteroatoms. The molecule has 1 aromatic heterocycles. The number of rotatable bonds is 3. The topological polar surface area (TPSA) is 76.3 Å². The second kappa shape index (κ2) is 5.68. The van der Waals surface area contributed by atoms with E-state index in [9.17, 15) is 8.42 Å². The van der Waals surface area contributed by atoms with Gasteiger partial charge in [-0.25, -0.2) is 13.4 Å². The molecule has 0 aromatic carbocycles. The summed E-state index contributed by atoms with van der Waals surface area (Å²) in [5.74, 6) is 2.22. The lowest BCUT2D eigenvalue weighted by Gasteiger charge is -2.35. The highest BCUT2D eigenvalue weighted by atomic mass is 32.2. The Kier molecular flexibility index (Phi) is 4.37. The second-order valence-electron chi connectivity index (χ2n) is 4.79. The highest BCUT2D eigenvalue weighted by Crippen LogP contribution is 2.25. The molecule has 0 spiro atoms. The molecule has 0 aliphatic carbocycles. The Hall–Kier alpha value is -0.790. The lowest BCUT2D eigenvalue weighted by molar-refractivity contribution is 0.583. The molecule has 0 radical (unpaired) electrons. The molecule has 2 heterocycles. The molecule has 1 saturated heterocycles. The molecule has 1 aromatic rings. The molecule has 0 amide bonds. The third-order valence-corrected chi connectivity index (χ3v) is 5.81. The van der Waals surface area contributed by atoms with E-state index in [0.29, 0.717) is 18.1 Å². The lowest BCUT2D eigenvalue weighted by atomic mass is 10.1. The molecule has 5 nitrogen and oxygen atoms in total. The maximum atomic E-state index is 11.8. The van der Waals surface area contributed by atoms with Crippen LogP contribution in [0.3, 0.4) is 0 Å². The fraction of sp³-hybridized carbons (Fsp3) is 0.583. The Morgan fingerprint density at radius 3 is 2.79 bits per heavy atom. The van der Waals surface area contributed by atoms with Crippen LogP contribution in [-0.2, 0) is 9.84 Å². The van der Waals surface area contributed by atoms with Crippen LogP contribution >= 0.6 is 11.8 Å². The lowest BCUT2D eigenvalue weighted by Crippen LogP contribution is -2.47. The monoisotopic (exact) mass is 301 g/mol. The number of thioether (sulfide) groups is 1. The van der Waals surface area contributed by atoms with Gasteiger partial charge >= 0.3 is 0 Å². The van der Waals surface area contributed by atoms with Crippen LogP contribution in [0.5, 0.6) is 0 Å². The summed E-state index contributed by atoms with van der Waals surface area (Å²) in [5.41, 5.74) is 6.74. The summed E-state index contributed by atoms with van der Waals surface area (Å²) in [6, 6.07) is 3.70. The van der Waals surface area contributed by atoms with Gasteiger partial charge in [-0.15, -0.1) is 0 Å². The van der Waals surface area contributed by atoms with Crippen LogP contribution in [0, 0.1) is 0 Å². The highest BCUT2D eigenvalue weighted by Gasteiger charge is 2.31. The van der Waals surface area contributed by atoms with Crippen molar-refractivity contribution < 1.29 is 8.42 Å². The second-order valence-corrected chi connectivity index (χ2v) is 8.14. The highest BCUT2D eigenvalue weighted by molar-refractivity contribution is 8.01. The van der Waals surface area contributed by atoms with Crippen molar-refractivity contribution in [1.82, 2.24) is 4.98 Å². The number of nitrogens with two attached hydrogens (primary N) is 1. The smallest absolute Gasteiger partial charge is 0.169 e. The SMILES string of the molecule is CC(N)c1ccc(N2CCSCC2S(C)(=O)=O)nc1. The molecule has 1 fully saturated rings. The largest absolute Gasteiger partial charge is 0.338 e. The minimum Gasteiger partial charge on any atom is -0.338 e. The van der Waals surface area contributed by atoms with Gasteiger partial charge in [-0.2, -0.15) is 11.8 Å². The van der Waals surface area contributed by atoms with Crippen LogP contribution in [0.1, 0.15) is 18.5 Å². The average Bonchev–Trinajstić information content (AvgIpc) is 2.38. The van der Waals surface area contributed by atoms with Crippen molar-refractivity contribution >= 4 is 27.4 Å². The summed E-state index contributed by atoms with van der Waals surface area (Å²) >= 11 is 1.67. The molecule has 2 atom stereocenters. The number of pyridine rings is 1. The fourth-order valence-electron chi connectivity index (χ4n) is 2.03. The van der Waals surface area contributed by atoms with E-state index in [1.807, 2.05) is 24.0 Å². The molecule has 106 valence electrons. The quantitative estimate of drug-likeness (QED) is 0.898. The minimum absolute atomic E-state index is 0.0656. The molecular formula is C12H19N3O2S2. The molecule has 1 aliphatic heterocycles. The van der Waals surface area contributed by atoms with Gasteiger partial charge in [-0.3, -0.25) is 0 Å². The van der Waals surface area contributed by atoms with Crippen LogP contribution < -0.4 is 10.6 Å².